The van der Waals surface area contributed by atoms with Crippen LogP contribution in [0.15, 0.2) is 58.7 Å². The molecule has 2 aromatic rings. The van der Waals surface area contributed by atoms with Crippen LogP contribution in [-0.2, 0) is 11.3 Å². The number of nitrogens with zero attached hydrogens (tertiary/aromatic N) is 1. The monoisotopic (exact) mass is 423 g/mol. The number of hydrogen-bond donors (Lipinski definition) is 2. The molecule has 1 amide bonds. The summed E-state index contributed by atoms with van der Waals surface area (Å²) in [5, 5.41) is 15.4. The van der Waals surface area contributed by atoms with Crippen molar-refractivity contribution >= 4 is 50.7 Å². The van der Waals surface area contributed by atoms with Gasteiger partial charge in [0.1, 0.15) is 11.6 Å². The van der Waals surface area contributed by atoms with Crippen LogP contribution >= 0.6 is 39.1 Å². The Labute approximate surface area is 158 Å². The fourth-order valence-electron chi connectivity index (χ4n) is 1.79. The summed E-state index contributed by atoms with van der Waals surface area (Å²) in [6, 6.07) is 14.3. The Balaban J connectivity index is 1.98. The quantitative estimate of drug-likeness (QED) is 0.530. The van der Waals surface area contributed by atoms with E-state index in [1.165, 1.54) is 12.3 Å². The lowest BCUT2D eigenvalue weighted by atomic mass is 10.2. The van der Waals surface area contributed by atoms with Crippen molar-refractivity contribution in [3.8, 4) is 6.07 Å². The summed E-state index contributed by atoms with van der Waals surface area (Å²) in [5.74, 6) is -0.529. The van der Waals surface area contributed by atoms with E-state index in [0.29, 0.717) is 22.3 Å². The molecular weight excluding hydrogens is 413 g/mol. The first-order chi connectivity index (χ1) is 11.5. The highest BCUT2D eigenvalue weighted by Crippen LogP contribution is 2.25. The number of nitriles is 1. The Bertz CT molecular complexity index is 814. The number of rotatable bonds is 5. The van der Waals surface area contributed by atoms with Gasteiger partial charge in [-0.05, 0) is 35.9 Å². The molecule has 0 saturated heterocycles. The van der Waals surface area contributed by atoms with Crippen LogP contribution in [0.1, 0.15) is 5.56 Å². The summed E-state index contributed by atoms with van der Waals surface area (Å²) in [7, 11) is 0. The number of halogens is 3. The van der Waals surface area contributed by atoms with Crippen molar-refractivity contribution in [1.29, 1.82) is 5.26 Å². The summed E-state index contributed by atoms with van der Waals surface area (Å²) in [6.45, 7) is 0.499. The zero-order valence-corrected chi connectivity index (χ0v) is 15.4. The first-order valence-corrected chi connectivity index (χ1v) is 8.39. The highest BCUT2D eigenvalue weighted by atomic mass is 79.9. The van der Waals surface area contributed by atoms with Gasteiger partial charge in [-0.2, -0.15) is 5.26 Å². The Kier molecular flexibility index (Phi) is 6.68. The predicted molar refractivity (Wildman–Crippen MR) is 99.8 cm³/mol. The Morgan fingerprint density at radius 3 is 2.50 bits per heavy atom. The average Bonchev–Trinajstić information content (AvgIpc) is 2.56. The summed E-state index contributed by atoms with van der Waals surface area (Å²) in [4.78, 5) is 12.1. The van der Waals surface area contributed by atoms with E-state index >= 15 is 0 Å². The SMILES string of the molecule is N#C/C(=C/NCc1ccc(Br)cc1)C(=O)Nc1ccc(Cl)c(Cl)c1. The Hall–Kier alpha value is -2.00. The normalized spacial score (nSPS) is 10.8. The lowest BCUT2D eigenvalue weighted by Crippen LogP contribution is -2.16. The molecule has 0 saturated carbocycles. The first kappa shape index (κ1) is 18.3. The van der Waals surface area contributed by atoms with Crippen LogP contribution in [0.3, 0.4) is 0 Å². The molecule has 0 radical (unpaired) electrons. The van der Waals surface area contributed by atoms with Gasteiger partial charge in [0, 0.05) is 22.9 Å². The summed E-state index contributed by atoms with van der Waals surface area (Å²) in [5.41, 5.74) is 1.44. The molecule has 0 bridgehead atoms. The molecule has 0 aliphatic rings. The van der Waals surface area contributed by atoms with Gasteiger partial charge in [-0.25, -0.2) is 0 Å². The van der Waals surface area contributed by atoms with Crippen molar-refractivity contribution < 1.29 is 4.79 Å². The number of benzene rings is 2. The molecule has 0 heterocycles. The number of nitrogens with one attached hydrogen (secondary N) is 2. The third-order valence-corrected chi connectivity index (χ3v) is 4.28. The van der Waals surface area contributed by atoms with Gasteiger partial charge in [-0.1, -0.05) is 51.3 Å². The molecular formula is C17H12BrCl2N3O. The number of amides is 1. The fourth-order valence-corrected chi connectivity index (χ4v) is 2.36. The van der Waals surface area contributed by atoms with E-state index in [4.69, 9.17) is 28.5 Å². The molecule has 24 heavy (non-hydrogen) atoms. The summed E-state index contributed by atoms with van der Waals surface area (Å²) >= 11 is 15.1. The molecule has 122 valence electrons. The van der Waals surface area contributed by atoms with E-state index in [0.717, 1.165) is 10.0 Å². The van der Waals surface area contributed by atoms with E-state index in [-0.39, 0.29) is 5.57 Å². The van der Waals surface area contributed by atoms with Gasteiger partial charge in [0.2, 0.25) is 0 Å². The maximum Gasteiger partial charge on any atom is 0.267 e. The standard InChI is InChI=1S/C17H12BrCl2N3O/c18-13-3-1-11(2-4-13)9-22-10-12(8-21)17(24)23-14-5-6-15(19)16(20)7-14/h1-7,10,22H,9H2,(H,23,24)/b12-10-. The highest BCUT2D eigenvalue weighted by molar-refractivity contribution is 9.10. The second kappa shape index (κ2) is 8.74. The van der Waals surface area contributed by atoms with Crippen molar-refractivity contribution in [2.24, 2.45) is 0 Å². The number of carbonyl (C=O) groups excluding carboxylic acids is 1. The molecule has 4 nitrogen and oxygen atoms in total. The van der Waals surface area contributed by atoms with Gasteiger partial charge in [0.05, 0.1) is 10.0 Å². The van der Waals surface area contributed by atoms with Crippen LogP contribution < -0.4 is 10.6 Å². The van der Waals surface area contributed by atoms with Crippen LogP contribution in [0.4, 0.5) is 5.69 Å². The maximum atomic E-state index is 12.1. The van der Waals surface area contributed by atoms with Crippen LogP contribution in [0.2, 0.25) is 10.0 Å². The minimum Gasteiger partial charge on any atom is -0.386 e. The molecule has 0 spiro atoms. The van der Waals surface area contributed by atoms with Crippen LogP contribution in [0, 0.1) is 11.3 Å². The molecule has 0 atom stereocenters. The fraction of sp³-hybridized carbons (Fsp3) is 0.0588. The molecule has 0 aliphatic heterocycles. The van der Waals surface area contributed by atoms with Crippen LogP contribution in [0.5, 0.6) is 0 Å². The average molecular weight is 425 g/mol. The van der Waals surface area contributed by atoms with Crippen molar-refractivity contribution in [2.45, 2.75) is 6.54 Å². The number of anilines is 1. The first-order valence-electron chi connectivity index (χ1n) is 6.84. The van der Waals surface area contributed by atoms with E-state index in [1.54, 1.807) is 12.1 Å². The second-order valence-corrected chi connectivity index (χ2v) is 6.49. The third-order valence-electron chi connectivity index (χ3n) is 3.01. The molecule has 2 aromatic carbocycles. The van der Waals surface area contributed by atoms with Gasteiger partial charge < -0.3 is 10.6 Å². The van der Waals surface area contributed by atoms with Gasteiger partial charge >= 0.3 is 0 Å². The molecule has 0 aromatic heterocycles. The maximum absolute atomic E-state index is 12.1. The van der Waals surface area contributed by atoms with E-state index in [1.807, 2.05) is 30.3 Å². The van der Waals surface area contributed by atoms with Crippen molar-refractivity contribution in [1.82, 2.24) is 5.32 Å². The number of hydrogen-bond acceptors (Lipinski definition) is 3. The minimum atomic E-state index is -0.529. The van der Waals surface area contributed by atoms with E-state index < -0.39 is 5.91 Å². The van der Waals surface area contributed by atoms with Gasteiger partial charge in [0.25, 0.3) is 5.91 Å². The second-order valence-electron chi connectivity index (χ2n) is 4.76. The highest BCUT2D eigenvalue weighted by Gasteiger charge is 2.10. The summed E-state index contributed by atoms with van der Waals surface area (Å²) < 4.78 is 0.987. The minimum absolute atomic E-state index is 0.0433. The molecule has 2 N–H and O–H groups in total. The topological polar surface area (TPSA) is 64.9 Å². The zero-order chi connectivity index (χ0) is 17.5. The van der Waals surface area contributed by atoms with Crippen LogP contribution in [0.25, 0.3) is 0 Å². The van der Waals surface area contributed by atoms with Crippen molar-refractivity contribution in [2.75, 3.05) is 5.32 Å². The lowest BCUT2D eigenvalue weighted by Gasteiger charge is -2.06. The molecule has 7 heteroatoms. The van der Waals surface area contributed by atoms with Gasteiger partial charge in [0.15, 0.2) is 0 Å². The van der Waals surface area contributed by atoms with Crippen molar-refractivity contribution in [3.63, 3.8) is 0 Å². The largest absolute Gasteiger partial charge is 0.386 e. The zero-order valence-electron chi connectivity index (χ0n) is 12.3. The van der Waals surface area contributed by atoms with E-state index in [2.05, 4.69) is 26.6 Å². The smallest absolute Gasteiger partial charge is 0.267 e. The molecule has 2 rings (SSSR count). The third kappa shape index (κ3) is 5.27. The lowest BCUT2D eigenvalue weighted by molar-refractivity contribution is -0.112. The molecule has 0 aliphatic carbocycles. The van der Waals surface area contributed by atoms with Crippen molar-refractivity contribution in [3.05, 3.63) is 74.3 Å². The molecule has 0 fully saturated rings. The predicted octanol–water partition coefficient (Wildman–Crippen LogP) is 4.89. The summed E-state index contributed by atoms with van der Waals surface area (Å²) in [6.07, 6.45) is 1.38. The van der Waals surface area contributed by atoms with Gasteiger partial charge in [-0.15, -0.1) is 0 Å². The van der Waals surface area contributed by atoms with E-state index in [9.17, 15) is 4.79 Å². The number of carbonyl (C=O) groups is 1. The Morgan fingerprint density at radius 1 is 1.17 bits per heavy atom. The van der Waals surface area contributed by atoms with Gasteiger partial charge in [-0.3, -0.25) is 4.79 Å². The molecule has 0 unspecified atom stereocenters. The Morgan fingerprint density at radius 2 is 1.88 bits per heavy atom. The van der Waals surface area contributed by atoms with Crippen LogP contribution in [-0.4, -0.2) is 5.91 Å².